The van der Waals surface area contributed by atoms with E-state index >= 15 is 0 Å². The van der Waals surface area contributed by atoms with Crippen LogP contribution in [0.2, 0.25) is 0 Å². The highest BCUT2D eigenvalue weighted by molar-refractivity contribution is 5.71. The molecule has 0 aromatic rings. The molecule has 0 heterocycles. The highest BCUT2D eigenvalue weighted by Crippen LogP contribution is 1.92. The van der Waals surface area contributed by atoms with Crippen molar-refractivity contribution in [2.45, 2.75) is 0 Å². The molecule has 2 N–H and O–H groups in total. The average Bonchev–Trinajstić information content (AvgIpc) is 2.85. The number of esters is 1. The van der Waals surface area contributed by atoms with E-state index in [1.165, 1.54) is 30.7 Å². The standard InChI is InChI=1S/C23H26N6O5/c1-27-22(19-26)6-3-8-29-20-23(30)34-16-15-32-11-4-10-31-13-14-33-12-9-28-7-2-5-21(17-24)18-25/h2-8,10,28-29H,9,11-16,20H2/b7-2+,8-3+,10-4+,22-6+. The molecule has 0 unspecified atom stereocenters. The van der Waals surface area contributed by atoms with Crippen LogP contribution in [0.1, 0.15) is 0 Å². The zero-order chi connectivity index (χ0) is 25.1. The summed E-state index contributed by atoms with van der Waals surface area (Å²) in [6, 6.07) is 5.23. The molecule has 34 heavy (non-hydrogen) atoms. The van der Waals surface area contributed by atoms with Gasteiger partial charge in [-0.1, -0.05) is 6.08 Å². The maximum absolute atomic E-state index is 11.5. The van der Waals surface area contributed by atoms with Crippen LogP contribution in [-0.2, 0) is 23.7 Å². The molecule has 0 saturated carbocycles. The quantitative estimate of drug-likeness (QED) is 0.0760. The Balaban J connectivity index is 3.52. The first-order chi connectivity index (χ1) is 16.7. The van der Waals surface area contributed by atoms with Gasteiger partial charge in [-0.2, -0.15) is 10.5 Å². The van der Waals surface area contributed by atoms with Gasteiger partial charge in [0.05, 0.1) is 45.3 Å². The van der Waals surface area contributed by atoms with Crippen molar-refractivity contribution in [3.8, 4) is 18.2 Å². The van der Waals surface area contributed by atoms with Gasteiger partial charge in [-0.15, -0.1) is 0 Å². The summed E-state index contributed by atoms with van der Waals surface area (Å²) in [4.78, 5) is 14.5. The van der Waals surface area contributed by atoms with E-state index < -0.39 is 5.97 Å². The predicted octanol–water partition coefficient (Wildman–Crippen LogP) is 1.60. The molecule has 0 atom stereocenters. The number of carbonyl (C=O) groups excluding carboxylic acids is 1. The summed E-state index contributed by atoms with van der Waals surface area (Å²) in [5, 5.41) is 31.3. The first-order valence-electron chi connectivity index (χ1n) is 10.0. The number of rotatable bonds is 18. The van der Waals surface area contributed by atoms with E-state index in [1.54, 1.807) is 36.6 Å². The fourth-order valence-electron chi connectivity index (χ4n) is 1.78. The Bertz CT molecular complexity index is 878. The Morgan fingerprint density at radius 3 is 2.38 bits per heavy atom. The van der Waals surface area contributed by atoms with Crippen LogP contribution >= 0.6 is 0 Å². The van der Waals surface area contributed by atoms with Crippen LogP contribution < -0.4 is 10.6 Å². The molecule has 0 aliphatic carbocycles. The Morgan fingerprint density at radius 2 is 1.65 bits per heavy atom. The number of hydrogen-bond acceptors (Lipinski definition) is 10. The van der Waals surface area contributed by atoms with Crippen molar-refractivity contribution in [2.75, 3.05) is 52.7 Å². The smallest absolute Gasteiger partial charge is 0.325 e. The summed E-state index contributed by atoms with van der Waals surface area (Å²) >= 11 is 0. The lowest BCUT2D eigenvalue weighted by Crippen LogP contribution is -2.21. The average molecular weight is 466 g/mol. The van der Waals surface area contributed by atoms with Crippen LogP contribution in [0.25, 0.3) is 4.85 Å². The summed E-state index contributed by atoms with van der Waals surface area (Å²) in [5.41, 5.74) is -0.0185. The van der Waals surface area contributed by atoms with Gasteiger partial charge in [-0.25, -0.2) is 10.1 Å². The third-order valence-corrected chi connectivity index (χ3v) is 3.30. The molecule has 0 fully saturated rings. The molecular weight excluding hydrogens is 440 g/mol. The molecule has 0 spiro atoms. The van der Waals surface area contributed by atoms with Crippen LogP contribution in [-0.4, -0.2) is 58.7 Å². The first kappa shape index (κ1) is 29.5. The maximum atomic E-state index is 11.5. The van der Waals surface area contributed by atoms with Crippen molar-refractivity contribution < 1.29 is 23.7 Å². The molecule has 0 bridgehead atoms. The molecule has 0 aliphatic rings. The van der Waals surface area contributed by atoms with Gasteiger partial charge in [0.15, 0.2) is 0 Å². The van der Waals surface area contributed by atoms with E-state index in [0.29, 0.717) is 33.0 Å². The van der Waals surface area contributed by atoms with E-state index in [2.05, 4.69) is 15.5 Å². The zero-order valence-corrected chi connectivity index (χ0v) is 18.6. The topological polar surface area (TPSA) is 154 Å². The van der Waals surface area contributed by atoms with Gasteiger partial charge < -0.3 is 29.6 Å². The summed E-state index contributed by atoms with van der Waals surface area (Å²) in [5.74, 6) is -0.461. The number of nitriles is 3. The van der Waals surface area contributed by atoms with Gasteiger partial charge in [0.1, 0.15) is 37.5 Å². The minimum Gasteiger partial charge on any atom is -0.499 e. The molecule has 0 aromatic carbocycles. The fraction of sp³-hybridized carbons (Fsp3) is 0.348. The summed E-state index contributed by atoms with van der Waals surface area (Å²) in [6.45, 7) is 9.14. The Morgan fingerprint density at radius 1 is 0.912 bits per heavy atom. The monoisotopic (exact) mass is 466 g/mol. The van der Waals surface area contributed by atoms with E-state index in [0.717, 1.165) is 0 Å². The minimum atomic E-state index is -0.461. The fourth-order valence-corrected chi connectivity index (χ4v) is 1.78. The van der Waals surface area contributed by atoms with Crippen molar-refractivity contribution in [1.82, 2.24) is 10.6 Å². The van der Waals surface area contributed by atoms with Crippen molar-refractivity contribution >= 4 is 5.97 Å². The number of hydrogen-bond donors (Lipinski definition) is 2. The van der Waals surface area contributed by atoms with Crippen LogP contribution in [0.15, 0.2) is 60.3 Å². The molecule has 0 radical (unpaired) electrons. The second kappa shape index (κ2) is 23.1. The van der Waals surface area contributed by atoms with Crippen LogP contribution in [0.4, 0.5) is 0 Å². The third-order valence-electron chi connectivity index (χ3n) is 3.30. The lowest BCUT2D eigenvalue weighted by molar-refractivity contribution is -0.143. The summed E-state index contributed by atoms with van der Waals surface area (Å²) in [6.07, 6.45) is 12.0. The Kier molecular flexibility index (Phi) is 20.0. The second-order valence-electron chi connectivity index (χ2n) is 5.78. The molecule has 0 aliphatic heterocycles. The highest BCUT2D eigenvalue weighted by atomic mass is 16.6. The molecule has 0 aromatic heterocycles. The number of ether oxygens (including phenoxy) is 4. The summed E-state index contributed by atoms with van der Waals surface area (Å²) in [7, 11) is 0. The lowest BCUT2D eigenvalue weighted by Gasteiger charge is -2.05. The number of carbonyl (C=O) groups is 1. The van der Waals surface area contributed by atoms with Gasteiger partial charge in [-0.05, 0) is 36.7 Å². The van der Waals surface area contributed by atoms with E-state index in [4.69, 9.17) is 41.3 Å². The maximum Gasteiger partial charge on any atom is 0.325 e. The number of nitrogens with zero attached hydrogens (tertiary/aromatic N) is 4. The van der Waals surface area contributed by atoms with E-state index in [1.807, 2.05) is 0 Å². The van der Waals surface area contributed by atoms with E-state index in [9.17, 15) is 4.79 Å². The second-order valence-corrected chi connectivity index (χ2v) is 5.78. The van der Waals surface area contributed by atoms with Crippen molar-refractivity contribution in [1.29, 1.82) is 15.8 Å². The molecule has 11 nitrogen and oxygen atoms in total. The van der Waals surface area contributed by atoms with Gasteiger partial charge >= 0.3 is 5.97 Å². The largest absolute Gasteiger partial charge is 0.499 e. The normalized spacial score (nSPS) is 10.8. The van der Waals surface area contributed by atoms with Gasteiger partial charge in [0.25, 0.3) is 5.70 Å². The number of nitrogens with one attached hydrogen (secondary N) is 2. The molecule has 0 amide bonds. The van der Waals surface area contributed by atoms with Gasteiger partial charge in [-0.3, -0.25) is 4.79 Å². The Labute approximate surface area is 199 Å². The third kappa shape index (κ3) is 19.4. The predicted molar refractivity (Wildman–Crippen MR) is 122 cm³/mol. The van der Waals surface area contributed by atoms with Gasteiger partial charge in [0, 0.05) is 6.54 Å². The first-order valence-corrected chi connectivity index (χ1v) is 10.0. The molecule has 11 heteroatoms. The molecule has 0 rings (SSSR count). The van der Waals surface area contributed by atoms with E-state index in [-0.39, 0.29) is 31.0 Å². The molecule has 0 saturated heterocycles. The molecular formula is C23H26N6O5. The minimum absolute atomic E-state index is 0.0340. The van der Waals surface area contributed by atoms with Crippen LogP contribution in [0.3, 0.4) is 0 Å². The zero-order valence-electron chi connectivity index (χ0n) is 18.6. The summed E-state index contributed by atoms with van der Waals surface area (Å²) < 4.78 is 20.8. The number of allylic oxidation sites excluding steroid dienone is 6. The van der Waals surface area contributed by atoms with Crippen molar-refractivity contribution in [2.24, 2.45) is 0 Å². The lowest BCUT2D eigenvalue weighted by atomic mass is 10.3. The van der Waals surface area contributed by atoms with Crippen LogP contribution in [0, 0.1) is 40.6 Å². The SMILES string of the molecule is [C-]#[N+]/C(C#N)=C/C=C/NCC(=O)OCCOC/C=C/OCCOCCN/C=C/C=C(C#N)C#N. The van der Waals surface area contributed by atoms with Crippen LogP contribution in [0.5, 0.6) is 0 Å². The molecule has 178 valence electrons. The van der Waals surface area contributed by atoms with Crippen molar-refractivity contribution in [3.05, 3.63) is 71.7 Å². The van der Waals surface area contributed by atoms with Crippen molar-refractivity contribution in [3.63, 3.8) is 0 Å². The Hall–Kier alpha value is -4.55. The van der Waals surface area contributed by atoms with Gasteiger partial charge in [0.2, 0.25) is 0 Å². The highest BCUT2D eigenvalue weighted by Gasteiger charge is 1.99.